The van der Waals surface area contributed by atoms with Crippen LogP contribution in [0.15, 0.2) is 28.7 Å². The van der Waals surface area contributed by atoms with Gasteiger partial charge in [-0.05, 0) is 18.6 Å². The molecular formula is C16H14BrN4O2+. The maximum absolute atomic E-state index is 10.0. The summed E-state index contributed by atoms with van der Waals surface area (Å²) in [4.78, 5) is 2.95. The fraction of sp³-hybridized carbons (Fsp3) is 0.438. The lowest BCUT2D eigenvalue weighted by Gasteiger charge is -2.24. The summed E-state index contributed by atoms with van der Waals surface area (Å²) in [5.74, 6) is -1.57. The molecule has 5 atom stereocenters. The SMILES string of the molecule is C[C@H]1CO[C@@]2([NH+]=C(N)[C@@]3(C#N)[C@@H](c4ccccc4Br)[C@@]23C#N)O1. The third-order valence-electron chi connectivity index (χ3n) is 5.11. The average molecular weight is 374 g/mol. The van der Waals surface area contributed by atoms with Crippen LogP contribution in [0.25, 0.3) is 0 Å². The second-order valence-corrected chi connectivity index (χ2v) is 7.04. The Kier molecular flexibility index (Phi) is 2.76. The molecule has 1 spiro atoms. The highest BCUT2D eigenvalue weighted by Gasteiger charge is 2.98. The van der Waals surface area contributed by atoms with E-state index in [2.05, 4.69) is 33.1 Å². The molecule has 2 aliphatic heterocycles. The quantitative estimate of drug-likeness (QED) is 0.726. The summed E-state index contributed by atoms with van der Waals surface area (Å²) in [6.45, 7) is 2.20. The van der Waals surface area contributed by atoms with E-state index in [9.17, 15) is 10.5 Å². The maximum atomic E-state index is 10.0. The topological polar surface area (TPSA) is 106 Å². The Morgan fingerprint density at radius 3 is 2.65 bits per heavy atom. The molecule has 2 fully saturated rings. The minimum atomic E-state index is -1.37. The maximum Gasteiger partial charge on any atom is 0.343 e. The average Bonchev–Trinajstić information content (AvgIpc) is 2.91. The van der Waals surface area contributed by atoms with Crippen molar-refractivity contribution in [3.8, 4) is 12.1 Å². The van der Waals surface area contributed by atoms with Crippen LogP contribution < -0.4 is 10.7 Å². The molecule has 1 aromatic rings. The van der Waals surface area contributed by atoms with Crippen LogP contribution in [0.2, 0.25) is 0 Å². The Bertz CT molecular complexity index is 828. The van der Waals surface area contributed by atoms with Gasteiger partial charge in [-0.2, -0.15) is 10.5 Å². The Morgan fingerprint density at radius 1 is 1.35 bits per heavy atom. The third kappa shape index (κ3) is 1.37. The largest absolute Gasteiger partial charge is 0.343 e. The number of fused-ring (bicyclic) bond motifs is 2. The van der Waals surface area contributed by atoms with Gasteiger partial charge in [0.2, 0.25) is 0 Å². The molecule has 23 heavy (non-hydrogen) atoms. The van der Waals surface area contributed by atoms with Crippen LogP contribution in [0.4, 0.5) is 0 Å². The second-order valence-electron chi connectivity index (χ2n) is 6.19. The number of hydrogen-bond acceptors (Lipinski definition) is 5. The van der Waals surface area contributed by atoms with Gasteiger partial charge in [-0.3, -0.25) is 5.73 Å². The van der Waals surface area contributed by atoms with Crippen molar-refractivity contribution in [2.75, 3.05) is 6.61 Å². The molecule has 0 amide bonds. The molecule has 0 unspecified atom stereocenters. The normalized spacial score (nSPS) is 43.6. The highest BCUT2D eigenvalue weighted by Crippen LogP contribution is 2.79. The van der Waals surface area contributed by atoms with Gasteiger partial charge in [0.05, 0.1) is 24.8 Å². The number of benzene rings is 1. The molecule has 1 saturated carbocycles. The molecular weight excluding hydrogens is 360 g/mol. The van der Waals surface area contributed by atoms with Gasteiger partial charge in [-0.25, -0.2) is 4.99 Å². The van der Waals surface area contributed by atoms with Crippen LogP contribution in [-0.4, -0.2) is 24.5 Å². The van der Waals surface area contributed by atoms with Crippen LogP contribution in [0, 0.1) is 33.5 Å². The Hall–Kier alpha value is -1.93. The number of nitrogens with zero attached hydrogens (tertiary/aromatic N) is 2. The summed E-state index contributed by atoms with van der Waals surface area (Å²) in [5, 5.41) is 19.9. The van der Waals surface area contributed by atoms with Crippen molar-refractivity contribution in [1.82, 2.24) is 0 Å². The summed E-state index contributed by atoms with van der Waals surface area (Å²) >= 11 is 3.51. The summed E-state index contributed by atoms with van der Waals surface area (Å²) in [7, 11) is 0. The molecule has 0 aromatic heterocycles. The number of hydrogen-bond donors (Lipinski definition) is 2. The van der Waals surface area contributed by atoms with Crippen LogP contribution in [0.3, 0.4) is 0 Å². The molecule has 1 saturated heterocycles. The first-order chi connectivity index (χ1) is 11.0. The zero-order valence-corrected chi connectivity index (χ0v) is 13.9. The van der Waals surface area contributed by atoms with Crippen LogP contribution in [0.5, 0.6) is 0 Å². The molecule has 0 radical (unpaired) electrons. The van der Waals surface area contributed by atoms with E-state index in [0.29, 0.717) is 6.61 Å². The van der Waals surface area contributed by atoms with Crippen molar-refractivity contribution in [1.29, 1.82) is 10.5 Å². The van der Waals surface area contributed by atoms with Crippen molar-refractivity contribution in [2.24, 2.45) is 16.6 Å². The first kappa shape index (κ1) is 14.6. The predicted molar refractivity (Wildman–Crippen MR) is 82.4 cm³/mol. The Morgan fingerprint density at radius 2 is 2.09 bits per heavy atom. The van der Waals surface area contributed by atoms with Gasteiger partial charge in [-0.1, -0.05) is 34.1 Å². The van der Waals surface area contributed by atoms with Gasteiger partial charge in [0.1, 0.15) is 0 Å². The molecule has 3 aliphatic rings. The molecule has 1 aromatic carbocycles. The smallest absolute Gasteiger partial charge is 0.311 e. The zero-order chi connectivity index (χ0) is 16.5. The van der Waals surface area contributed by atoms with Crippen molar-refractivity contribution in [3.63, 3.8) is 0 Å². The fourth-order valence-electron chi connectivity index (χ4n) is 4.14. The summed E-state index contributed by atoms with van der Waals surface area (Å²) in [6.07, 6.45) is -0.185. The lowest BCUT2D eigenvalue weighted by Crippen LogP contribution is -2.90. The zero-order valence-electron chi connectivity index (χ0n) is 12.3. The number of nitrogens with two attached hydrogens (primary N) is 1. The molecule has 0 bridgehead atoms. The summed E-state index contributed by atoms with van der Waals surface area (Å²) < 4.78 is 12.6. The van der Waals surface area contributed by atoms with E-state index in [1.54, 1.807) is 0 Å². The van der Waals surface area contributed by atoms with E-state index in [4.69, 9.17) is 15.2 Å². The highest BCUT2D eigenvalue weighted by molar-refractivity contribution is 9.10. The van der Waals surface area contributed by atoms with Gasteiger partial charge in [0.15, 0.2) is 10.8 Å². The van der Waals surface area contributed by atoms with E-state index in [1.165, 1.54) is 0 Å². The monoisotopic (exact) mass is 373 g/mol. The molecule has 2 heterocycles. The van der Waals surface area contributed by atoms with Crippen molar-refractivity contribution >= 4 is 21.8 Å². The summed E-state index contributed by atoms with van der Waals surface area (Å²) in [6, 6.07) is 12.1. The number of ether oxygens (including phenoxy) is 2. The predicted octanol–water partition coefficient (Wildman–Crippen LogP) is 0.107. The lowest BCUT2D eigenvalue weighted by molar-refractivity contribution is -0.677. The molecule has 6 nitrogen and oxygen atoms in total. The van der Waals surface area contributed by atoms with Gasteiger partial charge >= 0.3 is 5.91 Å². The van der Waals surface area contributed by atoms with E-state index in [1.807, 2.05) is 31.2 Å². The van der Waals surface area contributed by atoms with Crippen LogP contribution in [0.1, 0.15) is 18.4 Å². The second kappa shape index (κ2) is 4.33. The van der Waals surface area contributed by atoms with E-state index in [-0.39, 0.29) is 11.9 Å². The Balaban J connectivity index is 1.95. The summed E-state index contributed by atoms with van der Waals surface area (Å²) in [5.41, 5.74) is 4.63. The minimum absolute atomic E-state index is 0.185. The molecule has 7 heteroatoms. The van der Waals surface area contributed by atoms with Gasteiger partial charge in [0.25, 0.3) is 5.84 Å². The van der Waals surface area contributed by atoms with E-state index in [0.717, 1.165) is 10.0 Å². The number of amidine groups is 1. The Labute approximate surface area is 141 Å². The number of nitrogens with one attached hydrogen (secondary N) is 1. The number of nitriles is 2. The first-order valence-corrected chi connectivity index (χ1v) is 8.08. The molecule has 4 rings (SSSR count). The van der Waals surface area contributed by atoms with E-state index >= 15 is 0 Å². The van der Waals surface area contributed by atoms with Gasteiger partial charge in [-0.15, -0.1) is 0 Å². The fourth-order valence-corrected chi connectivity index (χ4v) is 4.65. The van der Waals surface area contributed by atoms with Gasteiger partial charge in [0, 0.05) is 10.4 Å². The standard InChI is InChI=1S/C16H13BrN4O2/c1-9-6-22-16(23-9)15(8-19)12(10-4-2-3-5-11(10)17)14(15,7-18)13(20)21-16/h2-5,9,12H,6H2,1H3,(H2,20,21)/p+1/t9-,12+,14+,15+,16+/m0/s1. The molecule has 3 N–H and O–H groups in total. The minimum Gasteiger partial charge on any atom is -0.311 e. The van der Waals surface area contributed by atoms with Crippen molar-refractivity contribution in [2.45, 2.75) is 24.9 Å². The third-order valence-corrected chi connectivity index (χ3v) is 5.83. The molecule has 1 aliphatic carbocycles. The lowest BCUT2D eigenvalue weighted by atomic mass is 9.94. The van der Waals surface area contributed by atoms with Crippen molar-refractivity contribution < 1.29 is 14.5 Å². The number of rotatable bonds is 1. The van der Waals surface area contributed by atoms with E-state index < -0.39 is 22.7 Å². The highest BCUT2D eigenvalue weighted by atomic mass is 79.9. The van der Waals surface area contributed by atoms with Crippen molar-refractivity contribution in [3.05, 3.63) is 34.3 Å². The molecule has 116 valence electrons. The number of halogens is 1. The van der Waals surface area contributed by atoms with Crippen LogP contribution >= 0.6 is 15.9 Å². The van der Waals surface area contributed by atoms with Crippen LogP contribution in [-0.2, 0) is 9.47 Å². The van der Waals surface area contributed by atoms with Gasteiger partial charge < -0.3 is 9.47 Å². The first-order valence-electron chi connectivity index (χ1n) is 7.29.